The third-order valence-corrected chi connectivity index (χ3v) is 2.68. The summed E-state index contributed by atoms with van der Waals surface area (Å²) in [5, 5.41) is 0. The molecule has 0 aliphatic carbocycles. The molecule has 1 aromatic carbocycles. The van der Waals surface area contributed by atoms with Gasteiger partial charge in [0.05, 0.1) is 19.1 Å². The van der Waals surface area contributed by atoms with Gasteiger partial charge in [0.15, 0.2) is 11.5 Å². The third kappa shape index (κ3) is 4.75. The van der Waals surface area contributed by atoms with Gasteiger partial charge in [-0.05, 0) is 19.9 Å². The fourth-order valence-electron chi connectivity index (χ4n) is 1.58. The first-order valence-corrected chi connectivity index (χ1v) is 6.88. The molecule has 0 unspecified atom stereocenters. The number of hydrogen-bond donors (Lipinski definition) is 0. The zero-order chi connectivity index (χ0) is 13.2. The van der Waals surface area contributed by atoms with Gasteiger partial charge in [0, 0.05) is 25.2 Å². The van der Waals surface area contributed by atoms with Gasteiger partial charge in [-0.2, -0.15) is 0 Å². The largest absolute Gasteiger partial charge is 0.490 e. The summed E-state index contributed by atoms with van der Waals surface area (Å²) < 4.78 is 16.6. The second kappa shape index (κ2) is 9.06. The number of rotatable bonds is 9. The van der Waals surface area contributed by atoms with Crippen molar-refractivity contribution in [3.05, 3.63) is 23.8 Å². The summed E-state index contributed by atoms with van der Waals surface area (Å²) in [6, 6.07) is 5.78. The fourth-order valence-corrected chi connectivity index (χ4v) is 1.79. The number of ether oxygens (including phenoxy) is 3. The Balaban J connectivity index is 2.60. The van der Waals surface area contributed by atoms with Crippen LogP contribution in [0.2, 0.25) is 0 Å². The Kier molecular flexibility index (Phi) is 7.62. The van der Waals surface area contributed by atoms with E-state index in [2.05, 4.69) is 0 Å². The molecule has 18 heavy (non-hydrogen) atoms. The van der Waals surface area contributed by atoms with Gasteiger partial charge in [0.1, 0.15) is 0 Å². The molecule has 0 bridgehead atoms. The number of alkyl halides is 1. The van der Waals surface area contributed by atoms with Crippen molar-refractivity contribution in [3.63, 3.8) is 0 Å². The molecule has 0 N–H and O–H groups in total. The lowest BCUT2D eigenvalue weighted by molar-refractivity contribution is 0.130. The quantitative estimate of drug-likeness (QED) is 0.507. The van der Waals surface area contributed by atoms with Gasteiger partial charge in [-0.3, -0.25) is 0 Å². The van der Waals surface area contributed by atoms with E-state index in [0.717, 1.165) is 30.1 Å². The first kappa shape index (κ1) is 15.1. The van der Waals surface area contributed by atoms with Gasteiger partial charge in [-0.25, -0.2) is 0 Å². The summed E-state index contributed by atoms with van der Waals surface area (Å²) in [5.41, 5.74) is 0.957. The molecule has 0 saturated heterocycles. The summed E-state index contributed by atoms with van der Waals surface area (Å²) in [4.78, 5) is 0. The Morgan fingerprint density at radius 2 is 1.89 bits per heavy atom. The molecule has 0 aliphatic rings. The van der Waals surface area contributed by atoms with E-state index in [1.807, 2.05) is 32.0 Å². The molecule has 3 nitrogen and oxygen atoms in total. The normalized spacial score (nSPS) is 10.4. The van der Waals surface area contributed by atoms with Crippen LogP contribution in [-0.4, -0.2) is 26.4 Å². The molecule has 1 aromatic rings. The molecule has 0 radical (unpaired) electrons. The molecule has 0 saturated carbocycles. The van der Waals surface area contributed by atoms with Crippen LogP contribution in [0.25, 0.3) is 0 Å². The molecular formula is C14H21ClO3. The number of benzene rings is 1. The van der Waals surface area contributed by atoms with E-state index in [0.29, 0.717) is 25.7 Å². The van der Waals surface area contributed by atoms with Gasteiger partial charge in [-0.1, -0.05) is 12.1 Å². The van der Waals surface area contributed by atoms with E-state index >= 15 is 0 Å². The monoisotopic (exact) mass is 272 g/mol. The Hall–Kier alpha value is -0.930. The van der Waals surface area contributed by atoms with E-state index in [9.17, 15) is 0 Å². The maximum atomic E-state index is 5.91. The SMILES string of the molecule is CCOCCCOc1c(CCl)cccc1OCC. The smallest absolute Gasteiger partial charge is 0.165 e. The van der Waals surface area contributed by atoms with Crippen LogP contribution < -0.4 is 9.47 Å². The zero-order valence-electron chi connectivity index (χ0n) is 11.1. The topological polar surface area (TPSA) is 27.7 Å². The van der Waals surface area contributed by atoms with E-state index in [-0.39, 0.29) is 0 Å². The van der Waals surface area contributed by atoms with Crippen molar-refractivity contribution in [2.45, 2.75) is 26.1 Å². The van der Waals surface area contributed by atoms with Crippen molar-refractivity contribution in [2.75, 3.05) is 26.4 Å². The van der Waals surface area contributed by atoms with Crippen LogP contribution in [0.5, 0.6) is 11.5 Å². The van der Waals surface area contributed by atoms with Crippen molar-refractivity contribution < 1.29 is 14.2 Å². The lowest BCUT2D eigenvalue weighted by Crippen LogP contribution is -2.06. The summed E-state index contributed by atoms with van der Waals surface area (Å²) >= 11 is 5.91. The summed E-state index contributed by atoms with van der Waals surface area (Å²) in [6.45, 7) is 6.60. The maximum absolute atomic E-state index is 5.91. The van der Waals surface area contributed by atoms with Gasteiger partial charge in [0.2, 0.25) is 0 Å². The summed E-state index contributed by atoms with van der Waals surface area (Å²) in [7, 11) is 0. The molecule has 0 amide bonds. The van der Waals surface area contributed by atoms with Crippen LogP contribution in [0, 0.1) is 0 Å². The van der Waals surface area contributed by atoms with Crippen LogP contribution in [0.3, 0.4) is 0 Å². The van der Waals surface area contributed by atoms with Gasteiger partial charge >= 0.3 is 0 Å². The highest BCUT2D eigenvalue weighted by Crippen LogP contribution is 2.32. The number of halogens is 1. The Morgan fingerprint density at radius 1 is 1.06 bits per heavy atom. The van der Waals surface area contributed by atoms with E-state index in [1.165, 1.54) is 0 Å². The second-order valence-corrected chi connectivity index (χ2v) is 3.98. The standard InChI is InChI=1S/C14H21ClO3/c1-3-16-9-6-10-18-14-12(11-15)7-5-8-13(14)17-4-2/h5,7-8H,3-4,6,9-11H2,1-2H3. The lowest BCUT2D eigenvalue weighted by atomic mass is 10.2. The lowest BCUT2D eigenvalue weighted by Gasteiger charge is -2.14. The van der Waals surface area contributed by atoms with Crippen LogP contribution in [0.4, 0.5) is 0 Å². The minimum atomic E-state index is 0.418. The molecule has 0 aromatic heterocycles. The minimum absolute atomic E-state index is 0.418. The highest BCUT2D eigenvalue weighted by Gasteiger charge is 2.10. The van der Waals surface area contributed by atoms with Crippen LogP contribution in [0.1, 0.15) is 25.8 Å². The molecule has 1 rings (SSSR count). The molecular weight excluding hydrogens is 252 g/mol. The Labute approximate surface area is 114 Å². The maximum Gasteiger partial charge on any atom is 0.165 e. The summed E-state index contributed by atoms with van der Waals surface area (Å²) in [5.74, 6) is 1.93. The first-order chi connectivity index (χ1) is 8.83. The molecule has 102 valence electrons. The average molecular weight is 273 g/mol. The average Bonchev–Trinajstić information content (AvgIpc) is 2.40. The van der Waals surface area contributed by atoms with E-state index in [4.69, 9.17) is 25.8 Å². The Bertz CT molecular complexity index is 342. The first-order valence-electron chi connectivity index (χ1n) is 6.34. The van der Waals surface area contributed by atoms with Crippen molar-refractivity contribution in [1.29, 1.82) is 0 Å². The predicted octanol–water partition coefficient (Wildman–Crippen LogP) is 3.63. The predicted molar refractivity (Wildman–Crippen MR) is 73.8 cm³/mol. The number of hydrogen-bond acceptors (Lipinski definition) is 3. The minimum Gasteiger partial charge on any atom is -0.490 e. The third-order valence-electron chi connectivity index (χ3n) is 2.39. The van der Waals surface area contributed by atoms with Crippen molar-refractivity contribution in [2.24, 2.45) is 0 Å². The van der Waals surface area contributed by atoms with E-state index < -0.39 is 0 Å². The van der Waals surface area contributed by atoms with Gasteiger partial charge in [0.25, 0.3) is 0 Å². The fraction of sp³-hybridized carbons (Fsp3) is 0.571. The molecule has 0 fully saturated rings. The van der Waals surface area contributed by atoms with Crippen LogP contribution >= 0.6 is 11.6 Å². The van der Waals surface area contributed by atoms with Gasteiger partial charge in [-0.15, -0.1) is 11.6 Å². The molecule has 0 aliphatic heterocycles. The number of para-hydroxylation sites is 1. The highest BCUT2D eigenvalue weighted by molar-refractivity contribution is 6.17. The highest BCUT2D eigenvalue weighted by atomic mass is 35.5. The molecule has 0 spiro atoms. The van der Waals surface area contributed by atoms with E-state index in [1.54, 1.807) is 0 Å². The van der Waals surface area contributed by atoms with Crippen molar-refractivity contribution >= 4 is 11.6 Å². The Morgan fingerprint density at radius 3 is 2.56 bits per heavy atom. The van der Waals surface area contributed by atoms with Crippen LogP contribution in [0.15, 0.2) is 18.2 Å². The van der Waals surface area contributed by atoms with Crippen molar-refractivity contribution in [3.8, 4) is 11.5 Å². The second-order valence-electron chi connectivity index (χ2n) is 3.71. The van der Waals surface area contributed by atoms with Crippen molar-refractivity contribution in [1.82, 2.24) is 0 Å². The molecule has 4 heteroatoms. The van der Waals surface area contributed by atoms with Gasteiger partial charge < -0.3 is 14.2 Å². The summed E-state index contributed by atoms with van der Waals surface area (Å²) in [6.07, 6.45) is 0.857. The van der Waals surface area contributed by atoms with Crippen LogP contribution in [-0.2, 0) is 10.6 Å². The molecule has 0 atom stereocenters. The zero-order valence-corrected chi connectivity index (χ0v) is 11.8. The molecule has 0 heterocycles.